The summed E-state index contributed by atoms with van der Waals surface area (Å²) in [6.45, 7) is 19.8. The molecule has 0 amide bonds. The van der Waals surface area contributed by atoms with E-state index >= 15 is 0 Å². The van der Waals surface area contributed by atoms with Crippen LogP contribution >= 0.6 is 17.0 Å². The Balaban J connectivity index is 1.31. The van der Waals surface area contributed by atoms with E-state index in [1.165, 1.54) is 119 Å². The first kappa shape index (κ1) is 43.1. The Morgan fingerprint density at radius 1 is 0.517 bits per heavy atom. The number of rotatable bonds is 11. The monoisotopic (exact) mass is 937 g/mol. The number of benzene rings is 4. The number of allylic oxidation sites excluding steroid dienone is 2. The Labute approximate surface area is 363 Å². The fourth-order valence-electron chi connectivity index (χ4n) is 11.7. The van der Waals surface area contributed by atoms with Gasteiger partial charge in [0.2, 0.25) is 0 Å². The van der Waals surface area contributed by atoms with Gasteiger partial charge in [-0.1, -0.05) is 0 Å². The van der Waals surface area contributed by atoms with Gasteiger partial charge in [0.05, 0.1) is 0 Å². The molecule has 2 fully saturated rings. The molecule has 4 aromatic rings. The molecular weight excluding hydrogens is 871 g/mol. The first-order valence-electron chi connectivity index (χ1n) is 23.0. The van der Waals surface area contributed by atoms with Crippen molar-refractivity contribution in [3.8, 4) is 22.3 Å². The molecule has 307 valence electrons. The summed E-state index contributed by atoms with van der Waals surface area (Å²) in [5, 5.41) is 3.03. The van der Waals surface area contributed by atoms with Gasteiger partial charge in [-0.25, -0.2) is 0 Å². The first-order valence-corrected chi connectivity index (χ1v) is 46.3. The third-order valence-corrected chi connectivity index (χ3v) is 71.1. The summed E-state index contributed by atoms with van der Waals surface area (Å²) in [4.78, 5) is 0. The van der Waals surface area contributed by atoms with Crippen molar-refractivity contribution in [2.45, 2.75) is 137 Å². The summed E-state index contributed by atoms with van der Waals surface area (Å²) in [5.74, 6) is -0.254. The molecule has 0 nitrogen and oxygen atoms in total. The van der Waals surface area contributed by atoms with Crippen LogP contribution in [0.3, 0.4) is 0 Å². The summed E-state index contributed by atoms with van der Waals surface area (Å²) >= 11 is -4.99. The molecule has 0 saturated heterocycles. The summed E-state index contributed by atoms with van der Waals surface area (Å²) < 4.78 is 0.278. The molecule has 4 aliphatic rings. The second-order valence-electron chi connectivity index (χ2n) is 21.4. The molecular formula is C52H69Cl2Si3Zr. The molecule has 0 aliphatic heterocycles. The Hall–Kier alpha value is -1.53. The molecule has 0 bridgehead atoms. The average Bonchev–Trinajstić information content (AvgIpc) is 3.77. The predicted molar refractivity (Wildman–Crippen MR) is 264 cm³/mol. The van der Waals surface area contributed by atoms with Gasteiger partial charge in [-0.2, -0.15) is 0 Å². The van der Waals surface area contributed by atoms with Crippen molar-refractivity contribution in [3.05, 3.63) is 118 Å². The van der Waals surface area contributed by atoms with Crippen LogP contribution in [0.25, 0.3) is 34.4 Å². The van der Waals surface area contributed by atoms with Crippen LogP contribution in [0.5, 0.6) is 0 Å². The van der Waals surface area contributed by atoms with Crippen LogP contribution < -0.4 is 10.4 Å². The molecule has 2 unspecified atom stereocenters. The Morgan fingerprint density at radius 2 is 0.879 bits per heavy atom. The van der Waals surface area contributed by atoms with Crippen molar-refractivity contribution in [1.82, 2.24) is 0 Å². The molecule has 4 aliphatic carbocycles. The molecule has 0 N–H and O–H groups in total. The van der Waals surface area contributed by atoms with Gasteiger partial charge in [-0.05, 0) is 0 Å². The topological polar surface area (TPSA) is 0 Å². The predicted octanol–water partition coefficient (Wildman–Crippen LogP) is 15.6. The summed E-state index contributed by atoms with van der Waals surface area (Å²) in [5.41, 5.74) is 14.2. The molecule has 4 aromatic carbocycles. The summed E-state index contributed by atoms with van der Waals surface area (Å²) in [7, 11) is 15.4. The van der Waals surface area contributed by atoms with Crippen molar-refractivity contribution in [2.24, 2.45) is 11.8 Å². The summed E-state index contributed by atoms with van der Waals surface area (Å²) in [6, 6.07) is 33.5. The van der Waals surface area contributed by atoms with E-state index in [1.54, 1.807) is 11.1 Å². The number of halogens is 2. The third kappa shape index (κ3) is 8.12. The van der Waals surface area contributed by atoms with Gasteiger partial charge in [-0.15, -0.1) is 0 Å². The molecule has 58 heavy (non-hydrogen) atoms. The molecule has 2 atom stereocenters. The fourth-order valence-corrected chi connectivity index (χ4v) is 45.4. The zero-order valence-electron chi connectivity index (χ0n) is 36.9. The zero-order valence-corrected chi connectivity index (χ0v) is 44.0. The molecule has 0 spiro atoms. The third-order valence-electron chi connectivity index (χ3n) is 15.1. The van der Waals surface area contributed by atoms with Crippen LogP contribution in [-0.2, 0) is 15.6 Å². The fraction of sp³-hybridized carbons (Fsp3) is 0.462. The van der Waals surface area contributed by atoms with E-state index in [0.717, 1.165) is 24.7 Å². The maximum absolute atomic E-state index is 9.13. The van der Waals surface area contributed by atoms with E-state index < -0.39 is 37.6 Å². The van der Waals surface area contributed by atoms with Crippen LogP contribution in [0, 0.1) is 11.8 Å². The van der Waals surface area contributed by atoms with E-state index in [2.05, 4.69) is 149 Å². The SMILES string of the molecule is C[SiH](C)[Zr]([Cl])([Cl])([CH]1C(CC2CCCCC2)=Cc2c(-c3ccc([Si](C)(C)C)cc3)cccc21)[CH]1C(CC2CCCCC2)=Cc2c(-c3ccc([Si](C)(C)C)cc3)cccc21. The molecule has 0 aromatic heterocycles. The van der Waals surface area contributed by atoms with Crippen LogP contribution in [0.1, 0.15) is 107 Å². The van der Waals surface area contributed by atoms with Gasteiger partial charge in [0.25, 0.3) is 0 Å². The minimum atomic E-state index is -4.99. The van der Waals surface area contributed by atoms with Crippen molar-refractivity contribution in [3.63, 3.8) is 0 Å². The van der Waals surface area contributed by atoms with Gasteiger partial charge in [0, 0.05) is 0 Å². The van der Waals surface area contributed by atoms with Crippen LogP contribution in [0.15, 0.2) is 96.1 Å². The molecule has 0 heterocycles. The maximum atomic E-state index is 9.13. The van der Waals surface area contributed by atoms with Gasteiger partial charge in [0.1, 0.15) is 0 Å². The second kappa shape index (κ2) is 16.6. The van der Waals surface area contributed by atoms with Crippen molar-refractivity contribution in [1.29, 1.82) is 0 Å². The van der Waals surface area contributed by atoms with E-state index in [-0.39, 0.29) is 7.25 Å². The minimum absolute atomic E-state index is 0.139. The van der Waals surface area contributed by atoms with Crippen LogP contribution in [-0.4, -0.2) is 22.1 Å². The van der Waals surface area contributed by atoms with E-state index in [9.17, 15) is 0 Å². The van der Waals surface area contributed by atoms with Crippen LogP contribution in [0.2, 0.25) is 52.4 Å². The second-order valence-corrected chi connectivity index (χ2v) is 74.0. The summed E-state index contributed by atoms with van der Waals surface area (Å²) in [6.07, 6.45) is 21.1. The number of hydrogen-bond donors (Lipinski definition) is 0. The van der Waals surface area contributed by atoms with E-state index in [0.29, 0.717) is 0 Å². The van der Waals surface area contributed by atoms with Gasteiger partial charge in [0.15, 0.2) is 0 Å². The number of hydrogen-bond acceptors (Lipinski definition) is 0. The molecule has 0 radical (unpaired) electrons. The van der Waals surface area contributed by atoms with Gasteiger partial charge >= 0.3 is 366 Å². The number of fused-ring (bicyclic) bond motifs is 2. The Kier molecular flexibility index (Phi) is 12.4. The standard InChI is InChI=1S/2C25H31Si.C2H7Si.2ClH.Zr/c2*1-26(2,3)23-14-12-21(13-15-23)24-11-7-10-22-17-20(18-25(22)24)16-19-8-5-4-6-9-19;1-3-2;;;/h2*7,10-15,17-19H,4-6,8-9,16H2,1-3H3;3H,1-2H3;2*1H;/q;;;;;+2/p-2. The van der Waals surface area contributed by atoms with E-state index in [4.69, 9.17) is 17.0 Å². The van der Waals surface area contributed by atoms with Gasteiger partial charge in [-0.3, -0.25) is 0 Å². The normalized spacial score (nSPS) is 21.3. The van der Waals surface area contributed by atoms with Gasteiger partial charge < -0.3 is 0 Å². The van der Waals surface area contributed by atoms with Crippen molar-refractivity contribution in [2.75, 3.05) is 0 Å². The van der Waals surface area contributed by atoms with Crippen molar-refractivity contribution >= 4 is 61.6 Å². The molecule has 2 saturated carbocycles. The quantitative estimate of drug-likeness (QED) is 0.131. The van der Waals surface area contributed by atoms with Crippen LogP contribution in [0.4, 0.5) is 0 Å². The Morgan fingerprint density at radius 3 is 1.21 bits per heavy atom. The molecule has 8 rings (SSSR count). The van der Waals surface area contributed by atoms with Crippen molar-refractivity contribution < 1.29 is 15.6 Å². The molecule has 6 heteroatoms. The van der Waals surface area contributed by atoms with E-state index in [1.807, 2.05) is 0 Å². The Bertz CT molecular complexity index is 2040. The average molecular weight is 941 g/mol. The zero-order chi connectivity index (χ0) is 41.1. The first-order chi connectivity index (χ1) is 27.5.